The fourth-order valence-electron chi connectivity index (χ4n) is 2.78. The Bertz CT molecular complexity index is 422. The van der Waals surface area contributed by atoms with Gasteiger partial charge in [-0.15, -0.1) is 11.8 Å². The van der Waals surface area contributed by atoms with Crippen molar-refractivity contribution in [2.24, 2.45) is 5.92 Å². The largest absolute Gasteiger partial charge is 0.493 e. The maximum absolute atomic E-state index is 5.84. The van der Waals surface area contributed by atoms with Crippen LogP contribution in [0.5, 0.6) is 5.75 Å². The molecular weight excluding hydrogens is 230 g/mol. The van der Waals surface area contributed by atoms with Crippen LogP contribution in [-0.2, 0) is 4.87 Å². The summed E-state index contributed by atoms with van der Waals surface area (Å²) in [7, 11) is 0. The maximum atomic E-state index is 5.84. The van der Waals surface area contributed by atoms with Gasteiger partial charge < -0.3 is 4.74 Å². The minimum atomic E-state index is 0.0789. The number of hydrogen-bond acceptors (Lipinski definition) is 3. The van der Waals surface area contributed by atoms with Crippen molar-refractivity contribution < 1.29 is 4.74 Å². The summed E-state index contributed by atoms with van der Waals surface area (Å²) in [4.78, 5) is 0.0789. The highest BCUT2D eigenvalue weighted by Gasteiger charge is 2.48. The number of hydrogen-bond donors (Lipinski definition) is 1. The molecule has 1 saturated heterocycles. The SMILES string of the molecule is CCC1CSC2(N1)c1ccccc1OCC2C. The predicted octanol–water partition coefficient (Wildman–Crippen LogP) is 2.98. The molecule has 3 heteroatoms. The van der Waals surface area contributed by atoms with Crippen LogP contribution in [-0.4, -0.2) is 18.4 Å². The molecule has 1 fully saturated rings. The smallest absolute Gasteiger partial charge is 0.125 e. The molecule has 1 aromatic carbocycles. The number of rotatable bonds is 1. The van der Waals surface area contributed by atoms with Crippen LogP contribution in [0.15, 0.2) is 24.3 Å². The van der Waals surface area contributed by atoms with Crippen molar-refractivity contribution >= 4 is 11.8 Å². The van der Waals surface area contributed by atoms with E-state index in [0.717, 1.165) is 12.4 Å². The molecule has 3 rings (SSSR count). The van der Waals surface area contributed by atoms with Crippen molar-refractivity contribution in [1.82, 2.24) is 5.32 Å². The normalized spacial score (nSPS) is 35.6. The topological polar surface area (TPSA) is 21.3 Å². The Morgan fingerprint density at radius 2 is 2.29 bits per heavy atom. The maximum Gasteiger partial charge on any atom is 0.125 e. The van der Waals surface area contributed by atoms with Gasteiger partial charge in [-0.3, -0.25) is 5.32 Å². The third-order valence-corrected chi connectivity index (χ3v) is 5.66. The fourth-order valence-corrected chi connectivity index (χ4v) is 4.49. The second-order valence-corrected chi connectivity index (χ2v) is 6.27. The first-order valence-corrected chi connectivity index (χ1v) is 7.39. The number of para-hydroxylation sites is 1. The summed E-state index contributed by atoms with van der Waals surface area (Å²) in [5, 5.41) is 3.84. The molecule has 2 aliphatic heterocycles. The van der Waals surface area contributed by atoms with Gasteiger partial charge >= 0.3 is 0 Å². The first kappa shape index (κ1) is 11.4. The quantitative estimate of drug-likeness (QED) is 0.827. The Labute approximate surface area is 107 Å². The molecule has 2 aliphatic rings. The number of benzene rings is 1. The van der Waals surface area contributed by atoms with Gasteiger partial charge in [0.15, 0.2) is 0 Å². The molecule has 1 spiro atoms. The summed E-state index contributed by atoms with van der Waals surface area (Å²) in [6.07, 6.45) is 1.20. The van der Waals surface area contributed by atoms with E-state index in [9.17, 15) is 0 Å². The summed E-state index contributed by atoms with van der Waals surface area (Å²) in [6.45, 7) is 5.36. The van der Waals surface area contributed by atoms with Crippen molar-refractivity contribution in [3.05, 3.63) is 29.8 Å². The van der Waals surface area contributed by atoms with E-state index in [1.807, 2.05) is 0 Å². The number of thioether (sulfide) groups is 1. The lowest BCUT2D eigenvalue weighted by atomic mass is 9.90. The van der Waals surface area contributed by atoms with Gasteiger partial charge in [-0.05, 0) is 12.5 Å². The van der Waals surface area contributed by atoms with Gasteiger partial charge in [-0.1, -0.05) is 32.0 Å². The number of fused-ring (bicyclic) bond motifs is 2. The lowest BCUT2D eigenvalue weighted by Crippen LogP contribution is -2.48. The van der Waals surface area contributed by atoms with Crippen LogP contribution >= 0.6 is 11.8 Å². The van der Waals surface area contributed by atoms with E-state index >= 15 is 0 Å². The molecule has 2 heterocycles. The lowest BCUT2D eigenvalue weighted by Gasteiger charge is -2.40. The van der Waals surface area contributed by atoms with E-state index in [-0.39, 0.29) is 4.87 Å². The van der Waals surface area contributed by atoms with Gasteiger partial charge in [0.25, 0.3) is 0 Å². The van der Waals surface area contributed by atoms with Crippen LogP contribution in [0.4, 0.5) is 0 Å². The van der Waals surface area contributed by atoms with Crippen LogP contribution < -0.4 is 10.1 Å². The molecule has 0 aliphatic carbocycles. The zero-order valence-electron chi connectivity index (χ0n) is 10.4. The highest BCUT2D eigenvalue weighted by Crippen LogP contribution is 2.51. The highest BCUT2D eigenvalue weighted by atomic mass is 32.2. The van der Waals surface area contributed by atoms with Crippen LogP contribution in [0.2, 0.25) is 0 Å². The summed E-state index contributed by atoms with van der Waals surface area (Å²) >= 11 is 2.06. The third kappa shape index (κ3) is 1.67. The van der Waals surface area contributed by atoms with E-state index in [2.05, 4.69) is 55.2 Å². The van der Waals surface area contributed by atoms with Crippen LogP contribution in [0.3, 0.4) is 0 Å². The lowest BCUT2D eigenvalue weighted by molar-refractivity contribution is 0.169. The van der Waals surface area contributed by atoms with Crippen LogP contribution in [0.25, 0.3) is 0 Å². The highest BCUT2D eigenvalue weighted by molar-refractivity contribution is 8.00. The van der Waals surface area contributed by atoms with Crippen LogP contribution in [0, 0.1) is 5.92 Å². The molecule has 1 N–H and O–H groups in total. The van der Waals surface area contributed by atoms with E-state index < -0.39 is 0 Å². The molecule has 3 atom stereocenters. The molecule has 0 amide bonds. The van der Waals surface area contributed by atoms with Crippen molar-refractivity contribution in [2.45, 2.75) is 31.2 Å². The molecule has 0 radical (unpaired) electrons. The van der Waals surface area contributed by atoms with Gasteiger partial charge in [0.05, 0.1) is 11.5 Å². The van der Waals surface area contributed by atoms with Crippen molar-refractivity contribution in [1.29, 1.82) is 0 Å². The molecule has 0 bridgehead atoms. The minimum Gasteiger partial charge on any atom is -0.493 e. The average molecular weight is 249 g/mol. The standard InChI is InChI=1S/C14H19NOS/c1-3-11-9-17-14(15-11)10(2)8-16-13-7-5-4-6-12(13)14/h4-7,10-11,15H,3,8-9H2,1-2H3. The van der Waals surface area contributed by atoms with Gasteiger partial charge in [0.1, 0.15) is 5.75 Å². The van der Waals surface area contributed by atoms with E-state index in [1.165, 1.54) is 17.7 Å². The molecule has 17 heavy (non-hydrogen) atoms. The molecule has 0 aromatic heterocycles. The van der Waals surface area contributed by atoms with E-state index in [0.29, 0.717) is 12.0 Å². The minimum absolute atomic E-state index is 0.0789. The zero-order chi connectivity index (χ0) is 11.9. The second-order valence-electron chi connectivity index (χ2n) is 5.00. The second kappa shape index (κ2) is 4.21. The Balaban J connectivity index is 2.04. The average Bonchev–Trinajstić information content (AvgIpc) is 2.80. The van der Waals surface area contributed by atoms with Crippen molar-refractivity contribution in [3.8, 4) is 5.75 Å². The fraction of sp³-hybridized carbons (Fsp3) is 0.571. The molecule has 2 nitrogen and oxygen atoms in total. The Hall–Kier alpha value is -0.670. The number of nitrogens with one attached hydrogen (secondary N) is 1. The van der Waals surface area contributed by atoms with E-state index in [1.54, 1.807) is 0 Å². The van der Waals surface area contributed by atoms with Crippen LogP contribution in [0.1, 0.15) is 25.8 Å². The van der Waals surface area contributed by atoms with Gasteiger partial charge in [-0.2, -0.15) is 0 Å². The van der Waals surface area contributed by atoms with Gasteiger partial charge in [0, 0.05) is 23.3 Å². The molecule has 92 valence electrons. The Morgan fingerprint density at radius 1 is 1.47 bits per heavy atom. The molecule has 0 saturated carbocycles. The summed E-state index contributed by atoms with van der Waals surface area (Å²) in [5.41, 5.74) is 1.33. The zero-order valence-corrected chi connectivity index (χ0v) is 11.2. The van der Waals surface area contributed by atoms with Gasteiger partial charge in [0.2, 0.25) is 0 Å². The van der Waals surface area contributed by atoms with Gasteiger partial charge in [-0.25, -0.2) is 0 Å². The molecule has 3 unspecified atom stereocenters. The summed E-state index contributed by atoms with van der Waals surface area (Å²) in [6, 6.07) is 9.10. The Kier molecular flexibility index (Phi) is 2.83. The third-order valence-electron chi connectivity index (χ3n) is 3.89. The Morgan fingerprint density at radius 3 is 3.06 bits per heavy atom. The number of ether oxygens (including phenoxy) is 1. The molecular formula is C14H19NOS. The van der Waals surface area contributed by atoms with Crippen molar-refractivity contribution in [3.63, 3.8) is 0 Å². The monoisotopic (exact) mass is 249 g/mol. The molecule has 1 aromatic rings. The van der Waals surface area contributed by atoms with E-state index in [4.69, 9.17) is 4.74 Å². The summed E-state index contributed by atoms with van der Waals surface area (Å²) in [5.74, 6) is 2.77. The first-order chi connectivity index (χ1) is 8.26. The predicted molar refractivity (Wildman–Crippen MR) is 72.5 cm³/mol. The summed E-state index contributed by atoms with van der Waals surface area (Å²) < 4.78 is 5.84. The van der Waals surface area contributed by atoms with Crippen molar-refractivity contribution in [2.75, 3.05) is 12.4 Å². The first-order valence-electron chi connectivity index (χ1n) is 6.40.